The Hall–Kier alpha value is -2.73. The van der Waals surface area contributed by atoms with Crippen molar-refractivity contribution in [1.29, 1.82) is 0 Å². The molecule has 108 valence electrons. The number of halogens is 1. The van der Waals surface area contributed by atoms with Crippen molar-refractivity contribution in [3.05, 3.63) is 60.0 Å². The van der Waals surface area contributed by atoms with Gasteiger partial charge in [-0.05, 0) is 25.1 Å². The van der Waals surface area contributed by atoms with Crippen LogP contribution in [0.5, 0.6) is 0 Å². The van der Waals surface area contributed by atoms with Gasteiger partial charge in [-0.1, -0.05) is 17.7 Å². The van der Waals surface area contributed by atoms with Crippen LogP contribution in [0, 0.1) is 6.92 Å². The molecule has 3 heterocycles. The van der Waals surface area contributed by atoms with Crippen LogP contribution in [-0.4, -0.2) is 29.3 Å². The van der Waals surface area contributed by atoms with Crippen molar-refractivity contribution in [3.8, 4) is 11.5 Å². The Balaban J connectivity index is 2.00. The van der Waals surface area contributed by atoms with Crippen LogP contribution >= 0.6 is 11.6 Å². The van der Waals surface area contributed by atoms with Gasteiger partial charge in [-0.2, -0.15) is 5.10 Å². The first-order valence-corrected chi connectivity index (χ1v) is 7.07. The molecule has 0 fully saturated rings. The van der Waals surface area contributed by atoms with E-state index in [0.717, 1.165) is 22.5 Å². The second kappa shape index (κ2) is 4.92. The highest BCUT2D eigenvalue weighted by atomic mass is 35.5. The van der Waals surface area contributed by atoms with Gasteiger partial charge in [-0.3, -0.25) is 4.57 Å². The molecule has 0 unspecified atom stereocenters. The molecule has 4 aromatic rings. The Morgan fingerprint density at radius 1 is 1.18 bits per heavy atom. The number of rotatable bonds is 2. The molecule has 0 aliphatic rings. The quantitative estimate of drug-likeness (QED) is 0.571. The van der Waals surface area contributed by atoms with Gasteiger partial charge in [0.25, 0.3) is 0 Å². The zero-order chi connectivity index (χ0) is 15.1. The van der Waals surface area contributed by atoms with Crippen LogP contribution in [0.3, 0.4) is 0 Å². The van der Waals surface area contributed by atoms with E-state index in [0.29, 0.717) is 10.8 Å². The van der Waals surface area contributed by atoms with Gasteiger partial charge in [0.05, 0.1) is 17.3 Å². The maximum Gasteiger partial charge on any atom is 0.168 e. The largest absolute Gasteiger partial charge is 0.290 e. The molecule has 0 spiro atoms. The number of imidazole rings is 1. The second-order valence-corrected chi connectivity index (χ2v) is 5.27. The highest BCUT2D eigenvalue weighted by Crippen LogP contribution is 2.23. The molecule has 0 aliphatic heterocycles. The molecule has 0 bridgehead atoms. The van der Waals surface area contributed by atoms with Crippen LogP contribution in [0.25, 0.3) is 22.5 Å². The molecular formula is C15H11ClN6. The van der Waals surface area contributed by atoms with Crippen molar-refractivity contribution < 1.29 is 0 Å². The molecular weight excluding hydrogens is 300 g/mol. The maximum absolute atomic E-state index is 6.07. The molecule has 0 saturated carbocycles. The first-order chi connectivity index (χ1) is 10.7. The van der Waals surface area contributed by atoms with Gasteiger partial charge in [0.1, 0.15) is 12.2 Å². The van der Waals surface area contributed by atoms with Crippen LogP contribution in [-0.2, 0) is 0 Å². The fourth-order valence-electron chi connectivity index (χ4n) is 2.38. The summed E-state index contributed by atoms with van der Waals surface area (Å²) in [5, 5.41) is 5.95. The molecule has 0 aliphatic carbocycles. The van der Waals surface area contributed by atoms with Crippen molar-refractivity contribution in [1.82, 2.24) is 29.3 Å². The third-order valence-electron chi connectivity index (χ3n) is 3.32. The normalized spacial score (nSPS) is 11.2. The van der Waals surface area contributed by atoms with E-state index in [2.05, 4.69) is 20.1 Å². The number of hydrogen-bond acceptors (Lipinski definition) is 4. The minimum absolute atomic E-state index is 0.654. The van der Waals surface area contributed by atoms with Gasteiger partial charge >= 0.3 is 0 Å². The minimum Gasteiger partial charge on any atom is -0.290 e. The van der Waals surface area contributed by atoms with E-state index in [1.165, 1.54) is 0 Å². The summed E-state index contributed by atoms with van der Waals surface area (Å²) in [4.78, 5) is 13.1. The van der Waals surface area contributed by atoms with Gasteiger partial charge in [0, 0.05) is 17.4 Å². The van der Waals surface area contributed by atoms with E-state index < -0.39 is 0 Å². The van der Waals surface area contributed by atoms with Gasteiger partial charge in [0.15, 0.2) is 11.5 Å². The van der Waals surface area contributed by atoms with E-state index in [1.807, 2.05) is 42.0 Å². The van der Waals surface area contributed by atoms with E-state index in [-0.39, 0.29) is 0 Å². The summed E-state index contributed by atoms with van der Waals surface area (Å²) in [6.45, 7) is 1.86. The predicted octanol–water partition coefficient (Wildman–Crippen LogP) is 2.96. The second-order valence-electron chi connectivity index (χ2n) is 4.84. The molecule has 0 radical (unpaired) electrons. The summed E-state index contributed by atoms with van der Waals surface area (Å²) in [5.41, 5.74) is 1.59. The third-order valence-corrected chi connectivity index (χ3v) is 3.56. The lowest BCUT2D eigenvalue weighted by Gasteiger charge is -2.06. The lowest BCUT2D eigenvalue weighted by Crippen LogP contribution is -2.03. The average Bonchev–Trinajstić information content (AvgIpc) is 3.16. The van der Waals surface area contributed by atoms with Gasteiger partial charge < -0.3 is 0 Å². The highest BCUT2D eigenvalue weighted by Gasteiger charge is 2.14. The van der Waals surface area contributed by atoms with Crippen LogP contribution in [0.1, 0.15) is 5.82 Å². The highest BCUT2D eigenvalue weighted by molar-refractivity contribution is 6.30. The fourth-order valence-corrected chi connectivity index (χ4v) is 2.56. The van der Waals surface area contributed by atoms with Crippen LogP contribution in [0.2, 0.25) is 5.02 Å². The number of fused-ring (bicyclic) bond motifs is 1. The number of aromatic nitrogens is 6. The molecule has 0 saturated heterocycles. The van der Waals surface area contributed by atoms with Crippen LogP contribution in [0.15, 0.2) is 49.2 Å². The molecule has 0 amide bonds. The molecule has 4 rings (SSSR count). The van der Waals surface area contributed by atoms with Crippen molar-refractivity contribution in [2.75, 3.05) is 0 Å². The monoisotopic (exact) mass is 310 g/mol. The maximum atomic E-state index is 6.07. The zero-order valence-corrected chi connectivity index (χ0v) is 12.4. The van der Waals surface area contributed by atoms with Crippen molar-refractivity contribution in [3.63, 3.8) is 0 Å². The van der Waals surface area contributed by atoms with Crippen LogP contribution < -0.4 is 0 Å². The molecule has 6 nitrogen and oxygen atoms in total. The standard InChI is InChI=1S/C15H11ClN6/c1-10-19-14(21-6-5-17-9-21)13-8-18-22(15(13)20-10)12-4-2-3-11(16)7-12/h2-9H,1H3. The van der Waals surface area contributed by atoms with Crippen LogP contribution in [0.4, 0.5) is 0 Å². The van der Waals surface area contributed by atoms with Crippen molar-refractivity contribution >= 4 is 22.6 Å². The number of aryl methyl sites for hydroxylation is 1. The summed E-state index contributed by atoms with van der Waals surface area (Å²) >= 11 is 6.07. The topological polar surface area (TPSA) is 61.4 Å². The zero-order valence-electron chi connectivity index (χ0n) is 11.7. The number of nitrogens with zero attached hydrogens (tertiary/aromatic N) is 6. The smallest absolute Gasteiger partial charge is 0.168 e. The number of benzene rings is 1. The summed E-state index contributed by atoms with van der Waals surface area (Å²) in [6.07, 6.45) is 7.02. The van der Waals surface area contributed by atoms with Gasteiger partial charge in [-0.15, -0.1) is 0 Å². The predicted molar refractivity (Wildman–Crippen MR) is 83.5 cm³/mol. The number of hydrogen-bond donors (Lipinski definition) is 0. The molecule has 0 atom stereocenters. The summed E-state index contributed by atoms with van der Waals surface area (Å²) < 4.78 is 3.61. The first kappa shape index (κ1) is 13.0. The molecule has 1 aromatic carbocycles. The van der Waals surface area contributed by atoms with Crippen molar-refractivity contribution in [2.45, 2.75) is 6.92 Å². The Bertz CT molecular complexity index is 958. The fraction of sp³-hybridized carbons (Fsp3) is 0.0667. The molecule has 7 heteroatoms. The van der Waals surface area contributed by atoms with Gasteiger partial charge in [0.2, 0.25) is 0 Å². The van der Waals surface area contributed by atoms with Gasteiger partial charge in [-0.25, -0.2) is 19.6 Å². The summed E-state index contributed by atoms with van der Waals surface area (Å²) in [7, 11) is 0. The van der Waals surface area contributed by atoms with Crippen molar-refractivity contribution in [2.24, 2.45) is 0 Å². The Kier molecular flexibility index (Phi) is 2.90. The minimum atomic E-state index is 0.654. The van der Waals surface area contributed by atoms with E-state index in [1.54, 1.807) is 23.4 Å². The first-order valence-electron chi connectivity index (χ1n) is 6.69. The summed E-state index contributed by atoms with van der Waals surface area (Å²) in [6, 6.07) is 7.50. The average molecular weight is 311 g/mol. The van der Waals surface area contributed by atoms with E-state index in [4.69, 9.17) is 11.6 Å². The molecule has 22 heavy (non-hydrogen) atoms. The van der Waals surface area contributed by atoms with E-state index >= 15 is 0 Å². The lowest BCUT2D eigenvalue weighted by molar-refractivity contribution is 0.885. The molecule has 3 aromatic heterocycles. The van der Waals surface area contributed by atoms with E-state index in [9.17, 15) is 0 Å². The lowest BCUT2D eigenvalue weighted by atomic mass is 10.3. The summed E-state index contributed by atoms with van der Waals surface area (Å²) in [5.74, 6) is 1.42. The third kappa shape index (κ3) is 2.05. The Labute approximate surface area is 131 Å². The Morgan fingerprint density at radius 3 is 2.86 bits per heavy atom. The molecule has 0 N–H and O–H groups in total. The Morgan fingerprint density at radius 2 is 2.09 bits per heavy atom. The SMILES string of the molecule is Cc1nc(-n2ccnc2)c2cnn(-c3cccc(Cl)c3)c2n1.